The van der Waals surface area contributed by atoms with Crippen LogP contribution in [0.5, 0.6) is 0 Å². The van der Waals surface area contributed by atoms with Gasteiger partial charge in [0.1, 0.15) is 5.69 Å². The number of ether oxygens (including phenoxy) is 1. The lowest BCUT2D eigenvalue weighted by Gasteiger charge is -2.30. The molecule has 1 aliphatic heterocycles. The quantitative estimate of drug-likeness (QED) is 0.656. The number of thiophene rings is 1. The van der Waals surface area contributed by atoms with Crippen molar-refractivity contribution < 1.29 is 14.3 Å². The first-order valence-corrected chi connectivity index (χ1v) is 10.1. The molecule has 7 nitrogen and oxygen atoms in total. The Balaban J connectivity index is 1.59. The summed E-state index contributed by atoms with van der Waals surface area (Å²) in [5.74, 6) is -0.750. The Kier molecular flexibility index (Phi) is 5.55. The predicted octanol–water partition coefficient (Wildman–Crippen LogP) is 2.33. The molecule has 1 aliphatic rings. The fourth-order valence-electron chi connectivity index (χ4n) is 3.12. The van der Waals surface area contributed by atoms with Gasteiger partial charge in [-0.25, -0.2) is 4.68 Å². The fraction of sp³-hybridized carbons (Fsp3) is 0.190. The first kappa shape index (κ1) is 19.1. The summed E-state index contributed by atoms with van der Waals surface area (Å²) in [4.78, 5) is 26.6. The number of amides is 2. The van der Waals surface area contributed by atoms with Crippen LogP contribution in [0, 0.1) is 0 Å². The van der Waals surface area contributed by atoms with Crippen LogP contribution in [0.25, 0.3) is 22.3 Å². The van der Waals surface area contributed by atoms with Crippen LogP contribution >= 0.6 is 11.3 Å². The van der Waals surface area contributed by atoms with Gasteiger partial charge in [-0.3, -0.25) is 9.59 Å². The second kappa shape index (κ2) is 8.42. The molecule has 3 heterocycles. The van der Waals surface area contributed by atoms with E-state index >= 15 is 0 Å². The van der Waals surface area contributed by atoms with Crippen molar-refractivity contribution in [2.75, 3.05) is 19.7 Å². The Morgan fingerprint density at radius 2 is 2.03 bits per heavy atom. The molecule has 2 N–H and O–H groups in total. The Morgan fingerprint density at radius 3 is 2.76 bits per heavy atom. The molecule has 0 saturated carbocycles. The van der Waals surface area contributed by atoms with E-state index < -0.39 is 12.0 Å². The number of para-hydroxylation sites is 1. The van der Waals surface area contributed by atoms with E-state index in [0.29, 0.717) is 13.2 Å². The zero-order valence-corrected chi connectivity index (χ0v) is 16.4. The summed E-state index contributed by atoms with van der Waals surface area (Å²) in [5.41, 5.74) is 7.88. The monoisotopic (exact) mass is 408 g/mol. The number of hydrogen-bond acceptors (Lipinski definition) is 5. The summed E-state index contributed by atoms with van der Waals surface area (Å²) in [5, 5.41) is 6.71. The van der Waals surface area contributed by atoms with Crippen LogP contribution < -0.4 is 5.73 Å². The fourth-order valence-corrected chi connectivity index (χ4v) is 3.85. The first-order chi connectivity index (χ1) is 14.1. The smallest absolute Gasteiger partial charge is 0.248 e. The molecule has 0 bridgehead atoms. The van der Waals surface area contributed by atoms with Gasteiger partial charge in [-0.2, -0.15) is 5.10 Å². The highest BCUT2D eigenvalue weighted by molar-refractivity contribution is 7.13. The van der Waals surface area contributed by atoms with Gasteiger partial charge in [0.15, 0.2) is 6.10 Å². The highest BCUT2D eigenvalue weighted by atomic mass is 32.1. The number of carbonyl (C=O) groups excluding carboxylic acids is 2. The van der Waals surface area contributed by atoms with Gasteiger partial charge < -0.3 is 15.4 Å². The zero-order valence-electron chi connectivity index (χ0n) is 15.6. The van der Waals surface area contributed by atoms with Crippen molar-refractivity contribution in [2.45, 2.75) is 6.10 Å². The lowest BCUT2D eigenvalue weighted by Crippen LogP contribution is -2.50. The highest BCUT2D eigenvalue weighted by Gasteiger charge is 2.26. The van der Waals surface area contributed by atoms with Crippen LogP contribution in [0.2, 0.25) is 0 Å². The number of benzene rings is 1. The van der Waals surface area contributed by atoms with Crippen molar-refractivity contribution in [2.24, 2.45) is 5.73 Å². The van der Waals surface area contributed by atoms with Gasteiger partial charge in [0.05, 0.1) is 23.7 Å². The van der Waals surface area contributed by atoms with E-state index in [2.05, 4.69) is 0 Å². The minimum Gasteiger partial charge on any atom is -0.367 e. The Labute approximate surface area is 172 Å². The molecule has 1 saturated heterocycles. The summed E-state index contributed by atoms with van der Waals surface area (Å²) in [6.07, 6.45) is 4.41. The third-order valence-corrected chi connectivity index (χ3v) is 5.50. The van der Waals surface area contributed by atoms with Gasteiger partial charge >= 0.3 is 0 Å². The van der Waals surface area contributed by atoms with E-state index in [1.54, 1.807) is 27.0 Å². The molecule has 4 rings (SSSR count). The van der Waals surface area contributed by atoms with Crippen LogP contribution in [0.3, 0.4) is 0 Å². The number of aromatic nitrogens is 2. The van der Waals surface area contributed by atoms with E-state index in [1.165, 1.54) is 6.08 Å². The second-order valence-electron chi connectivity index (χ2n) is 6.57. The van der Waals surface area contributed by atoms with E-state index in [-0.39, 0.29) is 12.5 Å². The maximum atomic E-state index is 12.6. The topological polar surface area (TPSA) is 90.5 Å². The van der Waals surface area contributed by atoms with Crippen LogP contribution in [0.4, 0.5) is 0 Å². The maximum absolute atomic E-state index is 12.6. The molecule has 0 aliphatic carbocycles. The molecule has 0 radical (unpaired) electrons. The largest absolute Gasteiger partial charge is 0.367 e. The SMILES string of the molecule is NC(=O)C1CN(C(=O)/C=C/c2cn(-c3ccccc3)nc2-c2cccs2)CCO1. The molecule has 1 atom stereocenters. The Morgan fingerprint density at radius 1 is 1.21 bits per heavy atom. The average molecular weight is 408 g/mol. The highest BCUT2D eigenvalue weighted by Crippen LogP contribution is 2.28. The molecule has 8 heteroatoms. The number of carbonyl (C=O) groups is 2. The van der Waals surface area contributed by atoms with Crippen molar-refractivity contribution >= 4 is 29.2 Å². The van der Waals surface area contributed by atoms with Gasteiger partial charge in [0.25, 0.3) is 0 Å². The van der Waals surface area contributed by atoms with E-state index in [9.17, 15) is 9.59 Å². The number of morpholine rings is 1. The van der Waals surface area contributed by atoms with E-state index in [4.69, 9.17) is 15.6 Å². The van der Waals surface area contributed by atoms with E-state index in [1.807, 2.05) is 54.0 Å². The third kappa shape index (κ3) is 4.28. The van der Waals surface area contributed by atoms with Gasteiger partial charge in [0.2, 0.25) is 11.8 Å². The molecular weight excluding hydrogens is 388 g/mol. The standard InChI is InChI=1S/C21H20N4O3S/c22-21(27)17-14-24(10-11-28-17)19(26)9-8-15-13-25(16-5-2-1-3-6-16)23-20(15)18-7-4-12-29-18/h1-9,12-13,17H,10-11,14H2,(H2,22,27)/b9-8+. The first-order valence-electron chi connectivity index (χ1n) is 9.18. The minimum atomic E-state index is -0.761. The molecule has 2 aromatic heterocycles. The maximum Gasteiger partial charge on any atom is 0.248 e. The number of nitrogens with two attached hydrogens (primary N) is 1. The van der Waals surface area contributed by atoms with E-state index in [0.717, 1.165) is 21.8 Å². The molecule has 1 fully saturated rings. The average Bonchev–Trinajstić information content (AvgIpc) is 3.42. The van der Waals surface area contributed by atoms with Crippen molar-refractivity contribution in [1.29, 1.82) is 0 Å². The van der Waals surface area contributed by atoms with Crippen molar-refractivity contribution in [1.82, 2.24) is 14.7 Å². The second-order valence-corrected chi connectivity index (χ2v) is 7.52. The molecule has 2 amide bonds. The number of rotatable bonds is 5. The van der Waals surface area contributed by atoms with Crippen LogP contribution in [-0.4, -0.2) is 52.3 Å². The number of primary amides is 1. The molecule has 29 heavy (non-hydrogen) atoms. The van der Waals surface area contributed by atoms with Crippen LogP contribution in [-0.2, 0) is 14.3 Å². The summed E-state index contributed by atoms with van der Waals surface area (Å²) in [6.45, 7) is 0.882. The predicted molar refractivity (Wildman–Crippen MR) is 111 cm³/mol. The summed E-state index contributed by atoms with van der Waals surface area (Å²) in [7, 11) is 0. The van der Waals surface area contributed by atoms with Crippen molar-refractivity contribution in [3.05, 3.63) is 65.7 Å². The minimum absolute atomic E-state index is 0.166. The van der Waals surface area contributed by atoms with Gasteiger partial charge in [0, 0.05) is 24.4 Å². The van der Waals surface area contributed by atoms with Gasteiger partial charge in [-0.1, -0.05) is 24.3 Å². The molecule has 3 aromatic rings. The normalized spacial score (nSPS) is 17.0. The molecule has 1 aromatic carbocycles. The van der Waals surface area contributed by atoms with Crippen LogP contribution in [0.1, 0.15) is 5.56 Å². The molecule has 0 spiro atoms. The molecule has 1 unspecified atom stereocenters. The Bertz CT molecular complexity index is 1030. The number of nitrogens with zero attached hydrogens (tertiary/aromatic N) is 3. The number of hydrogen-bond donors (Lipinski definition) is 1. The van der Waals surface area contributed by atoms with Crippen molar-refractivity contribution in [3.8, 4) is 16.3 Å². The van der Waals surface area contributed by atoms with Gasteiger partial charge in [-0.15, -0.1) is 11.3 Å². The molecular formula is C21H20N4O3S. The van der Waals surface area contributed by atoms with Crippen LogP contribution in [0.15, 0.2) is 60.1 Å². The summed E-state index contributed by atoms with van der Waals surface area (Å²) < 4.78 is 7.10. The van der Waals surface area contributed by atoms with Crippen molar-refractivity contribution in [3.63, 3.8) is 0 Å². The zero-order chi connectivity index (χ0) is 20.2. The Hall–Kier alpha value is -3.23. The lowest BCUT2D eigenvalue weighted by atomic mass is 10.2. The van der Waals surface area contributed by atoms with Gasteiger partial charge in [-0.05, 0) is 29.7 Å². The third-order valence-electron chi connectivity index (χ3n) is 4.62. The summed E-state index contributed by atoms with van der Waals surface area (Å²) in [6, 6.07) is 13.8. The molecule has 148 valence electrons. The summed E-state index contributed by atoms with van der Waals surface area (Å²) >= 11 is 1.59. The lowest BCUT2D eigenvalue weighted by molar-refractivity contribution is -0.142.